The number of hydrogen-bond acceptors (Lipinski definition) is 4. The maximum Gasteiger partial charge on any atom is 0.415 e. The standard InChI is InChI=1S/C14H20N2O3/c1-14(2,3)19-13(17)16(12-8-18-9-12)11-6-4-10(15)5-7-11/h4-7,12H,8-9,15H2,1-3H3. The van der Waals surface area contributed by atoms with Gasteiger partial charge in [-0.15, -0.1) is 0 Å². The molecule has 1 aliphatic heterocycles. The Labute approximate surface area is 113 Å². The second-order valence-electron chi connectivity index (χ2n) is 5.63. The van der Waals surface area contributed by atoms with Crippen LogP contribution in [-0.4, -0.2) is 30.9 Å². The molecule has 1 aromatic rings. The van der Waals surface area contributed by atoms with Gasteiger partial charge in [0, 0.05) is 11.4 Å². The van der Waals surface area contributed by atoms with E-state index in [2.05, 4.69) is 0 Å². The second-order valence-corrected chi connectivity index (χ2v) is 5.63. The van der Waals surface area contributed by atoms with E-state index < -0.39 is 5.60 Å². The third kappa shape index (κ3) is 3.38. The van der Waals surface area contributed by atoms with Gasteiger partial charge in [-0.25, -0.2) is 4.79 Å². The van der Waals surface area contributed by atoms with Crippen LogP contribution in [0.2, 0.25) is 0 Å². The Morgan fingerprint density at radius 1 is 1.32 bits per heavy atom. The topological polar surface area (TPSA) is 64.8 Å². The number of nitrogens with two attached hydrogens (primary N) is 1. The molecular weight excluding hydrogens is 244 g/mol. The Morgan fingerprint density at radius 2 is 1.89 bits per heavy atom. The van der Waals surface area contributed by atoms with Crippen molar-refractivity contribution in [2.75, 3.05) is 23.8 Å². The lowest BCUT2D eigenvalue weighted by molar-refractivity contribution is -0.000360. The predicted octanol–water partition coefficient (Wildman–Crippen LogP) is 2.41. The second kappa shape index (κ2) is 5.09. The first kappa shape index (κ1) is 13.7. The van der Waals surface area contributed by atoms with Crippen LogP contribution < -0.4 is 10.6 Å². The lowest BCUT2D eigenvalue weighted by Gasteiger charge is -2.38. The maximum atomic E-state index is 12.3. The molecule has 5 heteroatoms. The van der Waals surface area contributed by atoms with Gasteiger partial charge in [0.15, 0.2) is 0 Å². The number of carbonyl (C=O) groups excluding carboxylic acids is 1. The van der Waals surface area contributed by atoms with Gasteiger partial charge in [0.05, 0.1) is 19.3 Å². The van der Waals surface area contributed by atoms with Gasteiger partial charge in [-0.05, 0) is 45.0 Å². The molecule has 2 N–H and O–H groups in total. The van der Waals surface area contributed by atoms with Gasteiger partial charge >= 0.3 is 6.09 Å². The Balaban J connectivity index is 2.20. The lowest BCUT2D eigenvalue weighted by atomic mass is 10.1. The predicted molar refractivity (Wildman–Crippen MR) is 74.2 cm³/mol. The molecule has 104 valence electrons. The molecule has 1 amide bonds. The molecule has 1 aromatic carbocycles. The zero-order chi connectivity index (χ0) is 14.0. The molecule has 0 unspecified atom stereocenters. The zero-order valence-corrected chi connectivity index (χ0v) is 11.6. The molecule has 1 saturated heterocycles. The number of nitrogens with zero attached hydrogens (tertiary/aromatic N) is 1. The molecule has 1 fully saturated rings. The van der Waals surface area contributed by atoms with E-state index in [-0.39, 0.29) is 12.1 Å². The van der Waals surface area contributed by atoms with E-state index >= 15 is 0 Å². The molecule has 0 spiro atoms. The zero-order valence-electron chi connectivity index (χ0n) is 11.6. The summed E-state index contributed by atoms with van der Waals surface area (Å²) in [6, 6.07) is 7.20. The number of ether oxygens (including phenoxy) is 2. The molecule has 0 saturated carbocycles. The van der Waals surface area contributed by atoms with Crippen molar-refractivity contribution in [3.8, 4) is 0 Å². The molecule has 0 aromatic heterocycles. The third-order valence-corrected chi connectivity index (χ3v) is 2.75. The van der Waals surface area contributed by atoms with Gasteiger partial charge in [-0.2, -0.15) is 0 Å². The number of anilines is 2. The van der Waals surface area contributed by atoms with Crippen LogP contribution in [0.1, 0.15) is 20.8 Å². The minimum Gasteiger partial charge on any atom is -0.443 e. The Kier molecular flexibility index (Phi) is 3.66. The van der Waals surface area contributed by atoms with Gasteiger partial charge in [-0.1, -0.05) is 0 Å². The van der Waals surface area contributed by atoms with E-state index in [0.29, 0.717) is 18.9 Å². The van der Waals surface area contributed by atoms with Crippen LogP contribution in [0.15, 0.2) is 24.3 Å². The summed E-state index contributed by atoms with van der Waals surface area (Å²) in [4.78, 5) is 13.9. The molecule has 0 radical (unpaired) electrons. The van der Waals surface area contributed by atoms with Crippen LogP contribution in [-0.2, 0) is 9.47 Å². The summed E-state index contributed by atoms with van der Waals surface area (Å²) in [5.41, 5.74) is 6.59. The average Bonchev–Trinajstić information content (AvgIpc) is 2.22. The highest BCUT2D eigenvalue weighted by Crippen LogP contribution is 2.25. The SMILES string of the molecule is CC(C)(C)OC(=O)N(c1ccc(N)cc1)C1COC1. The number of carbonyl (C=O) groups is 1. The molecule has 2 rings (SSSR count). The molecule has 1 heterocycles. The lowest BCUT2D eigenvalue weighted by Crippen LogP contribution is -2.53. The summed E-state index contributed by atoms with van der Waals surface area (Å²) in [6.45, 7) is 6.61. The van der Waals surface area contributed by atoms with E-state index in [9.17, 15) is 4.79 Å². The van der Waals surface area contributed by atoms with Gasteiger partial charge < -0.3 is 15.2 Å². The quantitative estimate of drug-likeness (QED) is 0.833. The highest BCUT2D eigenvalue weighted by atomic mass is 16.6. The molecule has 19 heavy (non-hydrogen) atoms. The van der Waals surface area contributed by atoms with E-state index in [1.807, 2.05) is 32.9 Å². The van der Waals surface area contributed by atoms with Crippen LogP contribution in [0.3, 0.4) is 0 Å². The van der Waals surface area contributed by atoms with Crippen molar-refractivity contribution in [3.05, 3.63) is 24.3 Å². The van der Waals surface area contributed by atoms with Crippen molar-refractivity contribution >= 4 is 17.5 Å². The fourth-order valence-electron chi connectivity index (χ4n) is 1.78. The van der Waals surface area contributed by atoms with E-state index in [0.717, 1.165) is 5.69 Å². The summed E-state index contributed by atoms with van der Waals surface area (Å²) >= 11 is 0. The minimum atomic E-state index is -0.520. The largest absolute Gasteiger partial charge is 0.443 e. The highest BCUT2D eigenvalue weighted by Gasteiger charge is 2.34. The Morgan fingerprint density at radius 3 is 2.32 bits per heavy atom. The average molecular weight is 264 g/mol. The summed E-state index contributed by atoms with van der Waals surface area (Å²) in [5.74, 6) is 0. The first-order valence-electron chi connectivity index (χ1n) is 6.32. The van der Waals surface area contributed by atoms with Gasteiger partial charge in [0.25, 0.3) is 0 Å². The van der Waals surface area contributed by atoms with Crippen molar-refractivity contribution in [2.45, 2.75) is 32.4 Å². The van der Waals surface area contributed by atoms with Gasteiger partial charge in [0.1, 0.15) is 5.60 Å². The van der Waals surface area contributed by atoms with Crippen molar-refractivity contribution < 1.29 is 14.3 Å². The van der Waals surface area contributed by atoms with E-state index in [4.69, 9.17) is 15.2 Å². The number of rotatable bonds is 2. The number of benzene rings is 1. The number of hydrogen-bond donors (Lipinski definition) is 1. The Hall–Kier alpha value is -1.75. The normalized spacial score (nSPS) is 15.7. The molecule has 5 nitrogen and oxygen atoms in total. The van der Waals surface area contributed by atoms with Crippen molar-refractivity contribution in [1.82, 2.24) is 0 Å². The minimum absolute atomic E-state index is 0.0264. The van der Waals surface area contributed by atoms with Gasteiger partial charge in [-0.3, -0.25) is 4.90 Å². The van der Waals surface area contributed by atoms with E-state index in [1.54, 1.807) is 17.0 Å². The van der Waals surface area contributed by atoms with E-state index in [1.165, 1.54) is 0 Å². The van der Waals surface area contributed by atoms with Crippen LogP contribution in [0, 0.1) is 0 Å². The Bertz CT molecular complexity index is 447. The van der Waals surface area contributed by atoms with Crippen molar-refractivity contribution in [1.29, 1.82) is 0 Å². The first-order valence-corrected chi connectivity index (χ1v) is 6.32. The van der Waals surface area contributed by atoms with Crippen LogP contribution >= 0.6 is 0 Å². The number of nitrogen functional groups attached to an aromatic ring is 1. The molecule has 0 aliphatic carbocycles. The number of amides is 1. The van der Waals surface area contributed by atoms with Crippen LogP contribution in [0.25, 0.3) is 0 Å². The van der Waals surface area contributed by atoms with Crippen LogP contribution in [0.4, 0.5) is 16.2 Å². The maximum absolute atomic E-state index is 12.3. The van der Waals surface area contributed by atoms with Crippen molar-refractivity contribution in [2.24, 2.45) is 0 Å². The monoisotopic (exact) mass is 264 g/mol. The first-order chi connectivity index (χ1) is 8.87. The fraction of sp³-hybridized carbons (Fsp3) is 0.500. The van der Waals surface area contributed by atoms with Crippen molar-refractivity contribution in [3.63, 3.8) is 0 Å². The van der Waals surface area contributed by atoms with Crippen LogP contribution in [0.5, 0.6) is 0 Å². The highest BCUT2D eigenvalue weighted by molar-refractivity contribution is 5.89. The summed E-state index contributed by atoms with van der Waals surface area (Å²) < 4.78 is 10.6. The third-order valence-electron chi connectivity index (χ3n) is 2.75. The molecule has 0 bridgehead atoms. The summed E-state index contributed by atoms with van der Waals surface area (Å²) in [7, 11) is 0. The smallest absolute Gasteiger partial charge is 0.415 e. The molecule has 1 aliphatic rings. The van der Waals surface area contributed by atoms with Gasteiger partial charge in [0.2, 0.25) is 0 Å². The summed E-state index contributed by atoms with van der Waals surface area (Å²) in [5, 5.41) is 0. The fourth-order valence-corrected chi connectivity index (χ4v) is 1.78. The molecular formula is C14H20N2O3. The summed E-state index contributed by atoms with van der Waals surface area (Å²) in [6.07, 6.45) is -0.356. The molecule has 0 atom stereocenters.